The van der Waals surface area contributed by atoms with Crippen molar-refractivity contribution >= 4 is 29.7 Å². The summed E-state index contributed by atoms with van der Waals surface area (Å²) in [6, 6.07) is 2.39. The lowest BCUT2D eigenvalue weighted by Crippen LogP contribution is -2.39. The molecule has 100 valence electrons. The summed E-state index contributed by atoms with van der Waals surface area (Å²) in [5.41, 5.74) is 7.23. The summed E-state index contributed by atoms with van der Waals surface area (Å²) in [7, 11) is 0. The zero-order valence-electron chi connectivity index (χ0n) is 10.3. The van der Waals surface area contributed by atoms with Crippen LogP contribution in [0.5, 0.6) is 0 Å². The van der Waals surface area contributed by atoms with E-state index in [1.54, 1.807) is 0 Å². The molecule has 1 fully saturated rings. The first-order valence-electron chi connectivity index (χ1n) is 6.33. The average molecular weight is 287 g/mol. The summed E-state index contributed by atoms with van der Waals surface area (Å²) in [5, 5.41) is 2.13. The van der Waals surface area contributed by atoms with E-state index in [0.29, 0.717) is 5.91 Å². The maximum atomic E-state index is 12.4. The van der Waals surface area contributed by atoms with Gasteiger partial charge in [0.2, 0.25) is 5.91 Å². The molecule has 1 saturated carbocycles. The summed E-state index contributed by atoms with van der Waals surface area (Å²) in [4.78, 5) is 15.8. The van der Waals surface area contributed by atoms with Crippen molar-refractivity contribution in [3.63, 3.8) is 0 Å². The molecule has 2 N–H and O–H groups in total. The first-order chi connectivity index (χ1) is 8.24. The van der Waals surface area contributed by atoms with Gasteiger partial charge in [-0.2, -0.15) is 0 Å². The Morgan fingerprint density at radius 3 is 3.00 bits per heavy atom. The lowest BCUT2D eigenvalue weighted by atomic mass is 10.0. The van der Waals surface area contributed by atoms with Crippen molar-refractivity contribution < 1.29 is 4.79 Å². The van der Waals surface area contributed by atoms with Gasteiger partial charge in [0.25, 0.3) is 0 Å². The molecule has 3 nitrogen and oxygen atoms in total. The van der Waals surface area contributed by atoms with Crippen molar-refractivity contribution in [1.29, 1.82) is 0 Å². The van der Waals surface area contributed by atoms with Gasteiger partial charge < -0.3 is 10.6 Å². The summed E-state index contributed by atoms with van der Waals surface area (Å²) in [5.74, 6) is 0.514. The molecule has 18 heavy (non-hydrogen) atoms. The van der Waals surface area contributed by atoms with Gasteiger partial charge in [-0.05, 0) is 42.7 Å². The molecule has 0 spiro atoms. The van der Waals surface area contributed by atoms with Crippen LogP contribution in [0.1, 0.15) is 29.7 Å². The molecule has 0 radical (unpaired) electrons. The number of thiophene rings is 1. The highest BCUT2D eigenvalue weighted by Gasteiger charge is 2.32. The van der Waals surface area contributed by atoms with E-state index >= 15 is 0 Å². The smallest absolute Gasteiger partial charge is 0.226 e. The predicted octanol–water partition coefficient (Wildman–Crippen LogP) is 2.18. The van der Waals surface area contributed by atoms with Crippen LogP contribution in [0.3, 0.4) is 0 Å². The molecule has 1 aliphatic heterocycles. The molecule has 2 atom stereocenters. The highest BCUT2D eigenvalue weighted by molar-refractivity contribution is 7.10. The quantitative estimate of drug-likeness (QED) is 0.860. The number of rotatable bonds is 1. The van der Waals surface area contributed by atoms with E-state index in [4.69, 9.17) is 5.73 Å². The Morgan fingerprint density at radius 2 is 2.28 bits per heavy atom. The summed E-state index contributed by atoms with van der Waals surface area (Å²) in [6.07, 6.45) is 3.89. The molecule has 0 aromatic carbocycles. The molecular formula is C13H19ClN2OS. The zero-order chi connectivity index (χ0) is 11.8. The Bertz CT molecular complexity index is 434. The van der Waals surface area contributed by atoms with Crippen molar-refractivity contribution in [3.05, 3.63) is 21.9 Å². The normalized spacial score (nSPS) is 26.6. The lowest BCUT2D eigenvalue weighted by Gasteiger charge is -2.29. The van der Waals surface area contributed by atoms with Crippen molar-refractivity contribution in [2.24, 2.45) is 11.7 Å². The first-order valence-corrected chi connectivity index (χ1v) is 7.21. The van der Waals surface area contributed by atoms with Crippen LogP contribution in [-0.2, 0) is 17.8 Å². The molecule has 0 bridgehead atoms. The van der Waals surface area contributed by atoms with E-state index in [1.165, 1.54) is 10.4 Å². The van der Waals surface area contributed by atoms with E-state index in [-0.39, 0.29) is 24.4 Å². The summed E-state index contributed by atoms with van der Waals surface area (Å²) < 4.78 is 0. The minimum atomic E-state index is 0. The fourth-order valence-corrected chi connectivity index (χ4v) is 3.83. The van der Waals surface area contributed by atoms with Crippen LogP contribution in [0, 0.1) is 5.92 Å². The topological polar surface area (TPSA) is 46.3 Å². The molecule has 1 aromatic heterocycles. The number of fused-ring (bicyclic) bond motifs is 1. The van der Waals surface area contributed by atoms with Crippen molar-refractivity contribution in [2.75, 3.05) is 6.54 Å². The van der Waals surface area contributed by atoms with Gasteiger partial charge in [0.05, 0.1) is 0 Å². The van der Waals surface area contributed by atoms with Crippen LogP contribution in [0.2, 0.25) is 0 Å². The second kappa shape index (κ2) is 5.59. The SMILES string of the molecule is Cl.NC1CCC(C(=O)N2CCc3sccc3C2)C1. The molecule has 2 unspecified atom stereocenters. The van der Waals surface area contributed by atoms with E-state index in [2.05, 4.69) is 11.4 Å². The van der Waals surface area contributed by atoms with Gasteiger partial charge >= 0.3 is 0 Å². The Morgan fingerprint density at radius 1 is 1.44 bits per heavy atom. The third-order valence-electron chi connectivity index (χ3n) is 3.94. The van der Waals surface area contributed by atoms with Gasteiger partial charge in [0, 0.05) is 29.9 Å². The number of hydrogen-bond acceptors (Lipinski definition) is 3. The highest BCUT2D eigenvalue weighted by atomic mass is 35.5. The van der Waals surface area contributed by atoms with Crippen LogP contribution in [-0.4, -0.2) is 23.4 Å². The number of carbonyl (C=O) groups excluding carboxylic acids is 1. The number of nitrogens with zero attached hydrogens (tertiary/aromatic N) is 1. The largest absolute Gasteiger partial charge is 0.338 e. The van der Waals surface area contributed by atoms with Crippen molar-refractivity contribution in [3.8, 4) is 0 Å². The van der Waals surface area contributed by atoms with Crippen LogP contribution in [0.25, 0.3) is 0 Å². The van der Waals surface area contributed by atoms with E-state index in [1.807, 2.05) is 16.2 Å². The fourth-order valence-electron chi connectivity index (χ4n) is 2.94. The maximum absolute atomic E-state index is 12.4. The van der Waals surface area contributed by atoms with Gasteiger partial charge in [0.15, 0.2) is 0 Å². The Hall–Kier alpha value is -0.580. The van der Waals surface area contributed by atoms with Crippen LogP contribution in [0.15, 0.2) is 11.4 Å². The van der Waals surface area contributed by atoms with E-state index < -0.39 is 0 Å². The van der Waals surface area contributed by atoms with Gasteiger partial charge in [-0.25, -0.2) is 0 Å². The van der Waals surface area contributed by atoms with Crippen LogP contribution >= 0.6 is 23.7 Å². The Labute approximate surface area is 118 Å². The molecule has 1 aliphatic carbocycles. The number of nitrogens with two attached hydrogens (primary N) is 1. The predicted molar refractivity (Wildman–Crippen MR) is 76.0 cm³/mol. The van der Waals surface area contributed by atoms with Crippen LogP contribution < -0.4 is 5.73 Å². The Balaban J connectivity index is 0.00000120. The first kappa shape index (κ1) is 13.8. The third kappa shape index (κ3) is 2.56. The molecule has 2 aliphatic rings. The molecule has 3 rings (SSSR count). The standard InChI is InChI=1S/C13H18N2OS.ClH/c14-11-2-1-9(7-11)13(16)15-5-3-12-10(8-15)4-6-17-12;/h4,6,9,11H,1-3,5,7-8,14H2;1H. The van der Waals surface area contributed by atoms with Gasteiger partial charge in [-0.1, -0.05) is 0 Å². The van der Waals surface area contributed by atoms with Crippen molar-refractivity contribution in [1.82, 2.24) is 4.90 Å². The number of carbonyl (C=O) groups is 1. The lowest BCUT2D eigenvalue weighted by molar-refractivity contribution is -0.136. The molecule has 2 heterocycles. The minimum absolute atomic E-state index is 0. The van der Waals surface area contributed by atoms with Gasteiger partial charge in [-0.15, -0.1) is 23.7 Å². The van der Waals surface area contributed by atoms with Crippen LogP contribution in [0.4, 0.5) is 0 Å². The molecule has 1 amide bonds. The minimum Gasteiger partial charge on any atom is -0.338 e. The zero-order valence-corrected chi connectivity index (χ0v) is 11.9. The number of amides is 1. The maximum Gasteiger partial charge on any atom is 0.226 e. The number of hydrogen-bond donors (Lipinski definition) is 1. The third-order valence-corrected chi connectivity index (χ3v) is 4.96. The number of halogens is 1. The van der Waals surface area contributed by atoms with E-state index in [9.17, 15) is 4.79 Å². The summed E-state index contributed by atoms with van der Waals surface area (Å²) >= 11 is 1.81. The Kier molecular flexibility index (Phi) is 4.30. The molecule has 5 heteroatoms. The highest BCUT2D eigenvalue weighted by Crippen LogP contribution is 2.29. The van der Waals surface area contributed by atoms with Gasteiger partial charge in [-0.3, -0.25) is 4.79 Å². The molecule has 0 saturated heterocycles. The molecular weight excluding hydrogens is 268 g/mol. The molecule has 1 aromatic rings. The van der Waals surface area contributed by atoms with Gasteiger partial charge in [0.1, 0.15) is 0 Å². The summed E-state index contributed by atoms with van der Waals surface area (Å²) in [6.45, 7) is 1.70. The fraction of sp³-hybridized carbons (Fsp3) is 0.615. The second-order valence-corrected chi connectivity index (χ2v) is 6.15. The monoisotopic (exact) mass is 286 g/mol. The average Bonchev–Trinajstić information content (AvgIpc) is 2.95. The van der Waals surface area contributed by atoms with E-state index in [0.717, 1.165) is 38.8 Å². The van der Waals surface area contributed by atoms with Crippen molar-refractivity contribution in [2.45, 2.75) is 38.3 Å². The second-order valence-electron chi connectivity index (χ2n) is 5.15.